The molecule has 1 aliphatic heterocycles. The van der Waals surface area contributed by atoms with Crippen molar-refractivity contribution in [3.63, 3.8) is 0 Å². The lowest BCUT2D eigenvalue weighted by molar-refractivity contribution is -0.144. The van der Waals surface area contributed by atoms with Crippen LogP contribution in [0.25, 0.3) is 22.2 Å². The Morgan fingerprint density at radius 2 is 1.88 bits per heavy atom. The van der Waals surface area contributed by atoms with Crippen molar-refractivity contribution in [1.82, 2.24) is 15.2 Å². The van der Waals surface area contributed by atoms with E-state index in [1.807, 2.05) is 53.8 Å². The average Bonchev–Trinajstić information content (AvgIpc) is 3.46. The topological polar surface area (TPSA) is 74.4 Å². The Morgan fingerprint density at radius 3 is 2.59 bits per heavy atom. The van der Waals surface area contributed by atoms with Crippen LogP contribution in [0.15, 0.2) is 48.5 Å². The van der Waals surface area contributed by atoms with E-state index < -0.39 is 24.7 Å². The molecule has 3 aromatic rings. The monoisotopic (exact) mass is 473 g/mol. The first-order valence-corrected chi connectivity index (χ1v) is 11.1. The van der Waals surface area contributed by atoms with Crippen LogP contribution in [0.5, 0.6) is 5.75 Å². The first-order chi connectivity index (χ1) is 16.3. The van der Waals surface area contributed by atoms with E-state index >= 15 is 0 Å². The Morgan fingerprint density at radius 1 is 1.15 bits per heavy atom. The summed E-state index contributed by atoms with van der Waals surface area (Å²) < 4.78 is 42.7. The number of alkyl halides is 3. The maximum absolute atomic E-state index is 13.0. The lowest BCUT2D eigenvalue weighted by atomic mass is 10.0. The SMILES string of the molecule is COc1ccc(-c2[nH]c3ccccc3c2CCC(=O)N2CCCC2C(=O)NCC(F)(F)F)cc1. The maximum atomic E-state index is 13.0. The number of nitrogens with zero attached hydrogens (tertiary/aromatic N) is 1. The van der Waals surface area contributed by atoms with Crippen molar-refractivity contribution >= 4 is 22.7 Å². The smallest absolute Gasteiger partial charge is 0.405 e. The van der Waals surface area contributed by atoms with Crippen LogP contribution in [0, 0.1) is 0 Å². The number of halogens is 3. The summed E-state index contributed by atoms with van der Waals surface area (Å²) >= 11 is 0. The Balaban J connectivity index is 1.51. The summed E-state index contributed by atoms with van der Waals surface area (Å²) in [5.41, 5.74) is 3.77. The summed E-state index contributed by atoms with van der Waals surface area (Å²) in [6.07, 6.45) is -2.97. The highest BCUT2D eigenvalue weighted by Gasteiger charge is 2.36. The molecule has 2 amide bonds. The molecule has 4 rings (SSSR count). The van der Waals surface area contributed by atoms with Crippen LogP contribution in [0.4, 0.5) is 13.2 Å². The number of fused-ring (bicyclic) bond motifs is 1. The van der Waals surface area contributed by atoms with E-state index in [1.54, 1.807) is 7.11 Å². The summed E-state index contributed by atoms with van der Waals surface area (Å²) in [4.78, 5) is 30.1. The molecule has 180 valence electrons. The average molecular weight is 473 g/mol. The fraction of sp³-hybridized carbons (Fsp3) is 0.360. The number of carbonyl (C=O) groups excluding carboxylic acids is 2. The first kappa shape index (κ1) is 23.7. The van der Waals surface area contributed by atoms with Gasteiger partial charge in [-0.25, -0.2) is 0 Å². The number of hydrogen-bond acceptors (Lipinski definition) is 3. The van der Waals surface area contributed by atoms with E-state index in [0.717, 1.165) is 33.5 Å². The summed E-state index contributed by atoms with van der Waals surface area (Å²) in [6, 6.07) is 14.6. The highest BCUT2D eigenvalue weighted by atomic mass is 19.4. The highest BCUT2D eigenvalue weighted by Crippen LogP contribution is 2.32. The minimum atomic E-state index is -4.49. The predicted molar refractivity (Wildman–Crippen MR) is 122 cm³/mol. The minimum absolute atomic E-state index is 0.147. The summed E-state index contributed by atoms with van der Waals surface area (Å²) in [7, 11) is 1.60. The Labute approximate surface area is 195 Å². The van der Waals surface area contributed by atoms with Crippen molar-refractivity contribution in [2.45, 2.75) is 37.9 Å². The van der Waals surface area contributed by atoms with Gasteiger partial charge in [-0.15, -0.1) is 0 Å². The van der Waals surface area contributed by atoms with Crippen molar-refractivity contribution < 1.29 is 27.5 Å². The quantitative estimate of drug-likeness (QED) is 0.533. The maximum Gasteiger partial charge on any atom is 0.405 e. The van der Waals surface area contributed by atoms with E-state index in [2.05, 4.69) is 4.98 Å². The Bertz CT molecular complexity index is 1170. The van der Waals surface area contributed by atoms with Gasteiger partial charge in [-0.3, -0.25) is 9.59 Å². The number of methoxy groups -OCH3 is 1. The minimum Gasteiger partial charge on any atom is -0.497 e. The van der Waals surface area contributed by atoms with Crippen molar-refractivity contribution in [2.24, 2.45) is 0 Å². The van der Waals surface area contributed by atoms with Crippen molar-refractivity contribution in [3.8, 4) is 17.0 Å². The van der Waals surface area contributed by atoms with Gasteiger partial charge in [-0.05, 0) is 60.7 Å². The third kappa shape index (κ3) is 5.18. The van der Waals surface area contributed by atoms with Crippen LogP contribution in [0.1, 0.15) is 24.8 Å². The number of hydrogen-bond donors (Lipinski definition) is 2. The van der Waals surface area contributed by atoms with Crippen LogP contribution >= 0.6 is 0 Å². The normalized spacial score (nSPS) is 16.1. The molecule has 2 heterocycles. The fourth-order valence-electron chi connectivity index (χ4n) is 4.48. The van der Waals surface area contributed by atoms with Crippen LogP contribution in [0.2, 0.25) is 0 Å². The second kappa shape index (κ2) is 9.79. The molecular formula is C25H26F3N3O3. The number of H-pyrrole nitrogens is 1. The van der Waals surface area contributed by atoms with Gasteiger partial charge in [0.25, 0.3) is 0 Å². The number of aromatic amines is 1. The van der Waals surface area contributed by atoms with E-state index in [0.29, 0.717) is 25.8 Å². The molecular weight excluding hydrogens is 447 g/mol. The molecule has 6 nitrogen and oxygen atoms in total. The number of likely N-dealkylation sites (tertiary alicyclic amines) is 1. The van der Waals surface area contributed by atoms with Gasteiger partial charge in [0.2, 0.25) is 11.8 Å². The molecule has 1 atom stereocenters. The van der Waals surface area contributed by atoms with E-state index in [1.165, 1.54) is 4.90 Å². The number of rotatable bonds is 7. The van der Waals surface area contributed by atoms with Gasteiger partial charge in [0.05, 0.1) is 7.11 Å². The predicted octanol–water partition coefficient (Wildman–Crippen LogP) is 4.45. The van der Waals surface area contributed by atoms with Crippen LogP contribution in [-0.2, 0) is 16.0 Å². The third-order valence-corrected chi connectivity index (χ3v) is 6.12. The molecule has 2 aromatic carbocycles. The molecule has 0 radical (unpaired) electrons. The van der Waals surface area contributed by atoms with Gasteiger partial charge in [0.1, 0.15) is 18.3 Å². The summed E-state index contributed by atoms with van der Waals surface area (Å²) in [6.45, 7) is -1.03. The van der Waals surface area contributed by atoms with Gasteiger partial charge < -0.3 is 19.9 Å². The molecule has 2 N–H and O–H groups in total. The highest BCUT2D eigenvalue weighted by molar-refractivity contribution is 5.92. The number of benzene rings is 2. The van der Waals surface area contributed by atoms with Gasteiger partial charge in [-0.1, -0.05) is 18.2 Å². The number of aryl methyl sites for hydroxylation is 1. The van der Waals surface area contributed by atoms with E-state index in [9.17, 15) is 22.8 Å². The van der Waals surface area contributed by atoms with Crippen LogP contribution in [0.3, 0.4) is 0 Å². The second-order valence-electron chi connectivity index (χ2n) is 8.33. The Kier molecular flexibility index (Phi) is 6.81. The zero-order valence-electron chi connectivity index (χ0n) is 18.7. The summed E-state index contributed by atoms with van der Waals surface area (Å²) in [5.74, 6) is -0.259. The molecule has 0 saturated carbocycles. The molecule has 0 spiro atoms. The number of para-hydroxylation sites is 1. The lowest BCUT2D eigenvalue weighted by Gasteiger charge is -2.24. The molecule has 1 unspecified atom stereocenters. The van der Waals surface area contributed by atoms with Crippen LogP contribution < -0.4 is 10.1 Å². The third-order valence-electron chi connectivity index (χ3n) is 6.12. The zero-order chi connectivity index (χ0) is 24.3. The fourth-order valence-corrected chi connectivity index (χ4v) is 4.48. The van der Waals surface area contributed by atoms with E-state index in [-0.39, 0.29) is 12.3 Å². The zero-order valence-corrected chi connectivity index (χ0v) is 18.7. The standard InChI is InChI=1S/C25H26F3N3O3/c1-34-17-10-8-16(9-11-17)23-19(18-5-2-3-6-20(18)30-23)12-13-22(32)31-14-4-7-21(31)24(33)29-15-25(26,27)28/h2-3,5-6,8-11,21,30H,4,7,12-15H2,1H3,(H,29,33). The van der Waals surface area contributed by atoms with Gasteiger partial charge in [0.15, 0.2) is 0 Å². The molecule has 0 bridgehead atoms. The van der Waals surface area contributed by atoms with Gasteiger partial charge in [-0.2, -0.15) is 13.2 Å². The number of amides is 2. The molecule has 1 fully saturated rings. The van der Waals surface area contributed by atoms with Crippen molar-refractivity contribution in [1.29, 1.82) is 0 Å². The number of nitrogens with one attached hydrogen (secondary N) is 2. The number of ether oxygens (including phenoxy) is 1. The molecule has 34 heavy (non-hydrogen) atoms. The number of carbonyl (C=O) groups is 2. The number of aromatic nitrogens is 1. The molecule has 9 heteroatoms. The summed E-state index contributed by atoms with van der Waals surface area (Å²) in [5, 5.41) is 2.91. The second-order valence-corrected chi connectivity index (χ2v) is 8.33. The van der Waals surface area contributed by atoms with E-state index in [4.69, 9.17) is 4.74 Å². The van der Waals surface area contributed by atoms with Crippen molar-refractivity contribution in [3.05, 3.63) is 54.1 Å². The van der Waals surface area contributed by atoms with Crippen molar-refractivity contribution in [2.75, 3.05) is 20.2 Å². The van der Waals surface area contributed by atoms with Crippen LogP contribution in [-0.4, -0.2) is 54.1 Å². The van der Waals surface area contributed by atoms with Gasteiger partial charge >= 0.3 is 6.18 Å². The lowest BCUT2D eigenvalue weighted by Crippen LogP contribution is -2.48. The molecule has 1 aliphatic rings. The first-order valence-electron chi connectivity index (χ1n) is 11.1. The van der Waals surface area contributed by atoms with Gasteiger partial charge in [0, 0.05) is 29.6 Å². The largest absolute Gasteiger partial charge is 0.497 e. The molecule has 1 aromatic heterocycles. The molecule has 0 aliphatic carbocycles. The Hall–Kier alpha value is -3.49. The molecule has 1 saturated heterocycles.